The fraction of sp³-hybridized carbons (Fsp3) is 0.400. The summed E-state index contributed by atoms with van der Waals surface area (Å²) >= 11 is 5.66. The predicted molar refractivity (Wildman–Crippen MR) is 44.1 cm³/mol. The number of hydrogen-bond donors (Lipinski definition) is 2. The van der Waals surface area contributed by atoms with Crippen LogP contribution in [0.15, 0.2) is 6.07 Å². The van der Waals surface area contributed by atoms with Crippen LogP contribution in [0, 0.1) is 0 Å². The number of nitrogens with one attached hydrogen (secondary N) is 1. The molecule has 0 aliphatic rings. The average Bonchev–Trinajstić information content (AvgIpc) is 2.14. The molecule has 0 fully saturated rings. The molecule has 0 atom stereocenters. The summed E-state index contributed by atoms with van der Waals surface area (Å²) < 4.78 is 1.54. The fourth-order valence-electron chi connectivity index (χ4n) is 0.668. The van der Waals surface area contributed by atoms with Crippen LogP contribution in [0.25, 0.3) is 0 Å². The first-order valence-electron chi connectivity index (χ1n) is 2.79. The van der Waals surface area contributed by atoms with Crippen molar-refractivity contribution >= 4 is 24.0 Å². The van der Waals surface area contributed by atoms with Crippen molar-refractivity contribution in [3.05, 3.63) is 16.9 Å². The third kappa shape index (κ3) is 2.67. The van der Waals surface area contributed by atoms with Crippen molar-refractivity contribution in [3.8, 4) is 0 Å². The third-order valence-electron chi connectivity index (χ3n) is 1.13. The summed E-state index contributed by atoms with van der Waals surface area (Å²) in [6.07, 6.45) is 0. The van der Waals surface area contributed by atoms with Crippen LogP contribution in [0.1, 0.15) is 5.69 Å². The molecule has 0 unspecified atom stereocenters. The summed E-state index contributed by atoms with van der Waals surface area (Å²) in [6, 6.07) is 1.69. The van der Waals surface area contributed by atoms with Crippen LogP contribution in [-0.2, 0) is 13.6 Å². The molecule has 0 radical (unpaired) electrons. The molecule has 0 saturated heterocycles. The minimum atomic E-state index is 0. The molecule has 0 amide bonds. The van der Waals surface area contributed by atoms with Gasteiger partial charge in [-0.05, 0) is 6.07 Å². The lowest BCUT2D eigenvalue weighted by Gasteiger charge is -1.89. The quantitative estimate of drug-likeness (QED) is 0.696. The smallest absolute Gasteiger partial charge is 0.127 e. The van der Waals surface area contributed by atoms with Gasteiger partial charge in [0.25, 0.3) is 0 Å². The highest BCUT2D eigenvalue weighted by molar-refractivity contribution is 6.29. The number of hydrogen-bond acceptors (Lipinski definition) is 3. The lowest BCUT2D eigenvalue weighted by Crippen LogP contribution is -2.06. The monoisotopic (exact) mass is 197 g/mol. The Labute approximate surface area is 75.5 Å². The van der Waals surface area contributed by atoms with E-state index in [9.17, 15) is 0 Å². The molecule has 1 aromatic rings. The Hall–Kier alpha value is -0.290. The molecule has 6 heteroatoms. The second kappa shape index (κ2) is 4.56. The molecule has 4 nitrogen and oxygen atoms in total. The standard InChI is InChI=1S/C5H8ClN3O.ClH/c1-9-5(6)2-4(8-9)3-7-10;/h2,7,10H,3H2,1H3;1H. The van der Waals surface area contributed by atoms with Crippen LogP contribution in [0.3, 0.4) is 0 Å². The minimum absolute atomic E-state index is 0. The SMILES string of the molecule is Cl.Cn1nc(CNO)cc1Cl. The van der Waals surface area contributed by atoms with E-state index in [1.807, 2.05) is 5.48 Å². The van der Waals surface area contributed by atoms with E-state index >= 15 is 0 Å². The highest BCUT2D eigenvalue weighted by Crippen LogP contribution is 2.07. The molecule has 0 aliphatic carbocycles. The Morgan fingerprint density at radius 2 is 2.45 bits per heavy atom. The van der Waals surface area contributed by atoms with E-state index in [1.54, 1.807) is 13.1 Å². The van der Waals surface area contributed by atoms with E-state index in [0.29, 0.717) is 11.7 Å². The Kier molecular flexibility index (Phi) is 4.44. The molecular formula is C5H9Cl2N3O. The van der Waals surface area contributed by atoms with E-state index in [1.165, 1.54) is 4.68 Å². The second-order valence-corrected chi connectivity index (χ2v) is 2.30. The minimum Gasteiger partial charge on any atom is -0.316 e. The van der Waals surface area contributed by atoms with Gasteiger partial charge in [-0.3, -0.25) is 4.68 Å². The molecule has 0 saturated carbocycles. The number of aryl methyl sites for hydroxylation is 1. The molecule has 1 heterocycles. The van der Waals surface area contributed by atoms with Crippen LogP contribution in [-0.4, -0.2) is 15.0 Å². The van der Waals surface area contributed by atoms with Gasteiger partial charge in [0.15, 0.2) is 0 Å². The van der Waals surface area contributed by atoms with Gasteiger partial charge in [0.1, 0.15) is 5.15 Å². The molecule has 1 aromatic heterocycles. The zero-order valence-corrected chi connectivity index (χ0v) is 7.48. The Morgan fingerprint density at radius 1 is 1.82 bits per heavy atom. The van der Waals surface area contributed by atoms with Crippen molar-refractivity contribution in [2.24, 2.45) is 7.05 Å². The maximum atomic E-state index is 8.28. The summed E-state index contributed by atoms with van der Waals surface area (Å²) in [5.74, 6) is 0. The number of rotatable bonds is 2. The zero-order valence-electron chi connectivity index (χ0n) is 5.91. The topological polar surface area (TPSA) is 50.1 Å². The average molecular weight is 198 g/mol. The highest BCUT2D eigenvalue weighted by Gasteiger charge is 1.99. The maximum Gasteiger partial charge on any atom is 0.127 e. The molecule has 1 rings (SSSR count). The van der Waals surface area contributed by atoms with Gasteiger partial charge in [0.05, 0.1) is 12.2 Å². The first kappa shape index (κ1) is 10.7. The second-order valence-electron chi connectivity index (χ2n) is 1.92. The van der Waals surface area contributed by atoms with Gasteiger partial charge in [-0.15, -0.1) is 12.4 Å². The van der Waals surface area contributed by atoms with Crippen molar-refractivity contribution < 1.29 is 5.21 Å². The van der Waals surface area contributed by atoms with E-state index in [2.05, 4.69) is 5.10 Å². The maximum absolute atomic E-state index is 8.28. The molecule has 0 spiro atoms. The number of halogens is 2. The van der Waals surface area contributed by atoms with E-state index in [4.69, 9.17) is 16.8 Å². The highest BCUT2D eigenvalue weighted by atomic mass is 35.5. The Balaban J connectivity index is 0.000001000. The van der Waals surface area contributed by atoms with Crippen molar-refractivity contribution in [1.82, 2.24) is 15.3 Å². The normalized spacial score (nSPS) is 9.36. The van der Waals surface area contributed by atoms with E-state index in [0.717, 1.165) is 5.69 Å². The van der Waals surface area contributed by atoms with Gasteiger partial charge in [-0.2, -0.15) is 10.6 Å². The molecule has 0 aliphatic heterocycles. The summed E-state index contributed by atoms with van der Waals surface area (Å²) in [6.45, 7) is 0.320. The third-order valence-corrected chi connectivity index (χ3v) is 1.49. The molecule has 64 valence electrons. The largest absolute Gasteiger partial charge is 0.316 e. The van der Waals surface area contributed by atoms with Crippen molar-refractivity contribution in [1.29, 1.82) is 0 Å². The van der Waals surface area contributed by atoms with Crippen LogP contribution in [0.2, 0.25) is 5.15 Å². The Bertz CT molecular complexity index is 206. The van der Waals surface area contributed by atoms with Crippen molar-refractivity contribution in [2.45, 2.75) is 6.54 Å². The molecule has 2 N–H and O–H groups in total. The molecular weight excluding hydrogens is 189 g/mol. The van der Waals surface area contributed by atoms with Crippen molar-refractivity contribution in [2.75, 3.05) is 0 Å². The van der Waals surface area contributed by atoms with Crippen LogP contribution in [0.4, 0.5) is 0 Å². The Morgan fingerprint density at radius 3 is 2.82 bits per heavy atom. The summed E-state index contributed by atoms with van der Waals surface area (Å²) in [5.41, 5.74) is 2.71. The molecule has 0 bridgehead atoms. The van der Waals surface area contributed by atoms with Crippen molar-refractivity contribution in [3.63, 3.8) is 0 Å². The number of aromatic nitrogens is 2. The lowest BCUT2D eigenvalue weighted by atomic mass is 10.4. The van der Waals surface area contributed by atoms with Gasteiger partial charge >= 0.3 is 0 Å². The summed E-state index contributed by atoms with van der Waals surface area (Å²) in [4.78, 5) is 0. The van der Waals surface area contributed by atoms with E-state index < -0.39 is 0 Å². The van der Waals surface area contributed by atoms with Crippen LogP contribution >= 0.6 is 24.0 Å². The first-order valence-corrected chi connectivity index (χ1v) is 3.17. The van der Waals surface area contributed by atoms with E-state index in [-0.39, 0.29) is 12.4 Å². The van der Waals surface area contributed by atoms with Gasteiger partial charge in [-0.25, -0.2) is 0 Å². The van der Waals surface area contributed by atoms with Gasteiger partial charge in [0.2, 0.25) is 0 Å². The van der Waals surface area contributed by atoms with Gasteiger partial charge in [0, 0.05) is 7.05 Å². The molecule has 0 aromatic carbocycles. The number of nitrogens with zero attached hydrogens (tertiary/aromatic N) is 2. The number of hydroxylamine groups is 1. The zero-order chi connectivity index (χ0) is 7.56. The molecule has 11 heavy (non-hydrogen) atoms. The fourth-order valence-corrected chi connectivity index (χ4v) is 0.831. The summed E-state index contributed by atoms with van der Waals surface area (Å²) in [7, 11) is 1.74. The summed E-state index contributed by atoms with van der Waals surface area (Å²) in [5, 5.41) is 12.8. The predicted octanol–water partition coefficient (Wildman–Crippen LogP) is 0.974. The van der Waals surface area contributed by atoms with Gasteiger partial charge in [-0.1, -0.05) is 11.6 Å². The van der Waals surface area contributed by atoms with Crippen LogP contribution in [0.5, 0.6) is 0 Å². The first-order chi connectivity index (χ1) is 4.74. The lowest BCUT2D eigenvalue weighted by molar-refractivity contribution is 0.160. The van der Waals surface area contributed by atoms with Gasteiger partial charge < -0.3 is 5.21 Å². The van der Waals surface area contributed by atoms with Crippen LogP contribution < -0.4 is 5.48 Å².